The highest BCUT2D eigenvalue weighted by Gasteiger charge is 2.46. The van der Waals surface area contributed by atoms with Crippen LogP contribution in [0.2, 0.25) is 0 Å². The third-order valence-electron chi connectivity index (χ3n) is 4.75. The number of H-pyrrole nitrogens is 1. The van der Waals surface area contributed by atoms with E-state index in [1.165, 1.54) is 0 Å². The first kappa shape index (κ1) is 17.4. The molecule has 1 aliphatic rings. The molecule has 8 heteroatoms. The van der Waals surface area contributed by atoms with Gasteiger partial charge in [0, 0.05) is 24.4 Å². The summed E-state index contributed by atoms with van der Waals surface area (Å²) in [7, 11) is 0. The number of ether oxygens (including phenoxy) is 1. The van der Waals surface area contributed by atoms with E-state index in [1.807, 2.05) is 31.2 Å². The number of aromatic amines is 1. The molecule has 140 valence electrons. The van der Waals surface area contributed by atoms with Crippen LogP contribution < -0.4 is 9.64 Å². The molecule has 2 aromatic heterocycles. The Labute approximate surface area is 154 Å². The number of nitrogens with zero attached hydrogens (tertiary/aromatic N) is 3. The zero-order valence-corrected chi connectivity index (χ0v) is 14.6. The van der Waals surface area contributed by atoms with E-state index in [-0.39, 0.29) is 30.9 Å². The molecule has 0 spiro atoms. The Morgan fingerprint density at radius 3 is 2.85 bits per heavy atom. The first-order valence-electron chi connectivity index (χ1n) is 8.67. The number of anilines is 1. The zero-order valence-electron chi connectivity index (χ0n) is 14.6. The van der Waals surface area contributed by atoms with Gasteiger partial charge in [0.05, 0.1) is 35.9 Å². The summed E-state index contributed by atoms with van der Waals surface area (Å²) in [4.78, 5) is 25.7. The van der Waals surface area contributed by atoms with Crippen molar-refractivity contribution in [1.82, 2.24) is 15.0 Å². The van der Waals surface area contributed by atoms with E-state index in [0.29, 0.717) is 5.88 Å². The molecule has 1 amide bonds. The number of fused-ring (bicyclic) bond motifs is 1. The molecule has 1 N–H and O–H groups in total. The average molecular weight is 372 g/mol. The molecule has 0 aliphatic carbocycles. The van der Waals surface area contributed by atoms with Gasteiger partial charge in [-0.2, -0.15) is 0 Å². The highest BCUT2D eigenvalue weighted by Crippen LogP contribution is 2.43. The number of amides is 1. The zero-order chi connectivity index (χ0) is 19.0. The quantitative estimate of drug-likeness (QED) is 0.670. The van der Waals surface area contributed by atoms with Gasteiger partial charge in [0.15, 0.2) is 0 Å². The predicted molar refractivity (Wildman–Crippen MR) is 95.8 cm³/mol. The van der Waals surface area contributed by atoms with Crippen molar-refractivity contribution >= 4 is 22.6 Å². The van der Waals surface area contributed by atoms with Gasteiger partial charge in [-0.05, 0) is 23.8 Å². The Balaban J connectivity index is 1.53. The van der Waals surface area contributed by atoms with Crippen LogP contribution in [0.25, 0.3) is 11.0 Å². The highest BCUT2D eigenvalue weighted by atomic mass is 19.3. The van der Waals surface area contributed by atoms with Gasteiger partial charge in [0.1, 0.15) is 0 Å². The van der Waals surface area contributed by atoms with E-state index in [1.54, 1.807) is 23.5 Å². The summed E-state index contributed by atoms with van der Waals surface area (Å²) >= 11 is 0. The molecule has 6 nitrogen and oxygen atoms in total. The molecule has 1 saturated heterocycles. The van der Waals surface area contributed by atoms with Crippen molar-refractivity contribution in [1.29, 1.82) is 0 Å². The normalized spacial score (nSPS) is 19.6. The average Bonchev–Trinajstić information content (AvgIpc) is 3.13. The molecule has 0 saturated carbocycles. The van der Waals surface area contributed by atoms with Gasteiger partial charge in [0.25, 0.3) is 0 Å². The van der Waals surface area contributed by atoms with Crippen LogP contribution >= 0.6 is 0 Å². The van der Waals surface area contributed by atoms with Crippen molar-refractivity contribution in [3.63, 3.8) is 0 Å². The summed E-state index contributed by atoms with van der Waals surface area (Å²) in [5.41, 5.74) is 3.34. The number of nitrogens with one attached hydrogen (secondary N) is 1. The largest absolute Gasteiger partial charge is 0.477 e. The molecular weight excluding hydrogens is 354 g/mol. The van der Waals surface area contributed by atoms with Crippen LogP contribution in [0.5, 0.6) is 5.88 Å². The van der Waals surface area contributed by atoms with Crippen molar-refractivity contribution in [3.8, 4) is 5.88 Å². The van der Waals surface area contributed by atoms with Crippen molar-refractivity contribution < 1.29 is 18.3 Å². The fraction of sp³-hybridized carbons (Fsp3) is 0.316. The summed E-state index contributed by atoms with van der Waals surface area (Å²) in [6, 6.07) is 8.97. The van der Waals surface area contributed by atoms with Gasteiger partial charge in [0.2, 0.25) is 18.2 Å². The maximum atomic E-state index is 12.5. The van der Waals surface area contributed by atoms with Crippen LogP contribution in [0, 0.1) is 5.92 Å². The molecule has 3 aromatic rings. The standard InChI is InChI=1S/C19H18F2N4O2/c1-11-18(12-2-5-17(22-9-12)27-7-6-16(20)21)25(19(11)26)13-3-4-14-15(8-13)24-10-23-14/h2-5,8-11,16,18H,6-7H2,1H3,(H,23,24). The maximum Gasteiger partial charge on any atom is 0.241 e. The number of benzene rings is 1. The topological polar surface area (TPSA) is 71.1 Å². The van der Waals surface area contributed by atoms with Crippen LogP contribution in [0.3, 0.4) is 0 Å². The molecule has 2 unspecified atom stereocenters. The van der Waals surface area contributed by atoms with Crippen molar-refractivity contribution in [2.75, 3.05) is 11.5 Å². The lowest BCUT2D eigenvalue weighted by atomic mass is 9.84. The Morgan fingerprint density at radius 1 is 1.26 bits per heavy atom. The Bertz CT molecular complexity index is 958. The second kappa shape index (κ2) is 6.94. The molecule has 3 heterocycles. The van der Waals surface area contributed by atoms with Gasteiger partial charge in [-0.1, -0.05) is 13.0 Å². The van der Waals surface area contributed by atoms with Gasteiger partial charge in [-0.15, -0.1) is 0 Å². The van der Waals surface area contributed by atoms with Crippen molar-refractivity contribution in [3.05, 3.63) is 48.4 Å². The number of pyridine rings is 1. The number of hydrogen-bond donors (Lipinski definition) is 1. The second-order valence-electron chi connectivity index (χ2n) is 6.50. The minimum atomic E-state index is -2.40. The first-order valence-corrected chi connectivity index (χ1v) is 8.67. The molecule has 1 aliphatic heterocycles. The van der Waals surface area contributed by atoms with Gasteiger partial charge in [-0.25, -0.2) is 18.7 Å². The van der Waals surface area contributed by atoms with Crippen molar-refractivity contribution in [2.45, 2.75) is 25.8 Å². The number of carbonyl (C=O) groups is 1. The number of hydrogen-bond acceptors (Lipinski definition) is 4. The lowest BCUT2D eigenvalue weighted by Gasteiger charge is -2.46. The summed E-state index contributed by atoms with van der Waals surface area (Å²) < 4.78 is 29.6. The van der Waals surface area contributed by atoms with Gasteiger partial charge < -0.3 is 14.6 Å². The third kappa shape index (κ3) is 3.22. The van der Waals surface area contributed by atoms with Crippen LogP contribution in [0.15, 0.2) is 42.9 Å². The van der Waals surface area contributed by atoms with E-state index in [9.17, 15) is 13.6 Å². The number of aromatic nitrogens is 3. The molecule has 27 heavy (non-hydrogen) atoms. The molecule has 1 aromatic carbocycles. The lowest BCUT2D eigenvalue weighted by Crippen LogP contribution is -2.54. The number of rotatable bonds is 6. The number of β-lactam (4-membered cyclic amide) rings is 1. The van der Waals surface area contributed by atoms with Crippen LogP contribution in [-0.4, -0.2) is 33.9 Å². The van der Waals surface area contributed by atoms with Crippen molar-refractivity contribution in [2.24, 2.45) is 5.92 Å². The monoisotopic (exact) mass is 372 g/mol. The fourth-order valence-electron chi connectivity index (χ4n) is 3.33. The summed E-state index contributed by atoms with van der Waals surface area (Å²) in [6.07, 6.45) is 0.516. The number of halogens is 2. The third-order valence-corrected chi connectivity index (χ3v) is 4.75. The van der Waals surface area contributed by atoms with E-state index < -0.39 is 6.43 Å². The van der Waals surface area contributed by atoms with Crippen LogP contribution in [0.1, 0.15) is 24.9 Å². The fourth-order valence-corrected chi connectivity index (χ4v) is 3.33. The predicted octanol–water partition coefficient (Wildman–Crippen LogP) is 3.72. The number of alkyl halides is 2. The Hall–Kier alpha value is -3.03. The second-order valence-corrected chi connectivity index (χ2v) is 6.50. The summed E-state index contributed by atoms with van der Waals surface area (Å²) in [5, 5.41) is 0. The van der Waals surface area contributed by atoms with E-state index in [4.69, 9.17) is 4.74 Å². The number of imidazole rings is 1. The maximum absolute atomic E-state index is 12.5. The minimum Gasteiger partial charge on any atom is -0.477 e. The summed E-state index contributed by atoms with van der Waals surface area (Å²) in [5.74, 6) is 0.154. The van der Waals surface area contributed by atoms with Gasteiger partial charge >= 0.3 is 0 Å². The molecule has 4 rings (SSSR count). The number of carbonyl (C=O) groups excluding carboxylic acids is 1. The molecule has 0 radical (unpaired) electrons. The summed E-state index contributed by atoms with van der Waals surface area (Å²) in [6.45, 7) is 1.79. The Morgan fingerprint density at radius 2 is 2.11 bits per heavy atom. The molecule has 1 fully saturated rings. The molecule has 0 bridgehead atoms. The molecule has 2 atom stereocenters. The van der Waals surface area contributed by atoms with Gasteiger partial charge in [-0.3, -0.25) is 4.79 Å². The van der Waals surface area contributed by atoms with Crippen LogP contribution in [0.4, 0.5) is 14.5 Å². The first-order chi connectivity index (χ1) is 13.0. The highest BCUT2D eigenvalue weighted by molar-refractivity contribution is 6.04. The van der Waals surface area contributed by atoms with E-state index in [0.717, 1.165) is 22.3 Å². The smallest absolute Gasteiger partial charge is 0.241 e. The molecular formula is C19H18F2N4O2. The Kier molecular flexibility index (Phi) is 4.47. The van der Waals surface area contributed by atoms with E-state index >= 15 is 0 Å². The van der Waals surface area contributed by atoms with Crippen LogP contribution in [-0.2, 0) is 4.79 Å². The SMILES string of the molecule is CC1C(=O)N(c2ccc3[nH]cnc3c2)C1c1ccc(OCCC(F)F)nc1. The minimum absolute atomic E-state index is 0.0344. The van der Waals surface area contributed by atoms with E-state index in [2.05, 4.69) is 15.0 Å². The lowest BCUT2D eigenvalue weighted by molar-refractivity contribution is -0.129.